The Kier molecular flexibility index (Phi) is 6.83. The highest BCUT2D eigenvalue weighted by molar-refractivity contribution is 5.97. The molecule has 2 aromatic carbocycles. The van der Waals surface area contributed by atoms with E-state index in [1.807, 2.05) is 0 Å². The number of nitrogens with zero attached hydrogens (tertiary/aromatic N) is 1. The molecule has 0 bridgehead atoms. The van der Waals surface area contributed by atoms with E-state index in [9.17, 15) is 24.5 Å². The first kappa shape index (κ1) is 22.5. The number of carbonyl (C=O) groups excluding carboxylic acids is 2. The van der Waals surface area contributed by atoms with E-state index in [2.05, 4.69) is 5.32 Å². The van der Waals surface area contributed by atoms with Crippen molar-refractivity contribution in [3.8, 4) is 5.75 Å². The molecule has 166 valence electrons. The zero-order chi connectivity index (χ0) is 23.3. The molecule has 1 atom stereocenters. The first-order valence-corrected chi connectivity index (χ1v) is 9.65. The van der Waals surface area contributed by atoms with Crippen LogP contribution in [0, 0.1) is 10.1 Å². The molecular formula is C22H20N2O8. The molecule has 0 aliphatic carbocycles. The van der Waals surface area contributed by atoms with Crippen LogP contribution < -0.4 is 15.7 Å². The van der Waals surface area contributed by atoms with Crippen molar-refractivity contribution in [3.63, 3.8) is 0 Å². The van der Waals surface area contributed by atoms with Gasteiger partial charge >= 0.3 is 11.6 Å². The van der Waals surface area contributed by atoms with Gasteiger partial charge in [0.2, 0.25) is 0 Å². The summed E-state index contributed by atoms with van der Waals surface area (Å²) in [5, 5.41) is 13.9. The lowest BCUT2D eigenvalue weighted by Gasteiger charge is -2.18. The number of non-ortho nitro benzene ring substituents is 1. The van der Waals surface area contributed by atoms with Gasteiger partial charge in [0.15, 0.2) is 0 Å². The predicted molar refractivity (Wildman–Crippen MR) is 114 cm³/mol. The van der Waals surface area contributed by atoms with Gasteiger partial charge in [0.25, 0.3) is 11.6 Å². The molecule has 0 saturated heterocycles. The summed E-state index contributed by atoms with van der Waals surface area (Å²) in [6.07, 6.45) is -0.170. The van der Waals surface area contributed by atoms with E-state index in [0.29, 0.717) is 11.3 Å². The zero-order valence-corrected chi connectivity index (χ0v) is 17.3. The predicted octanol–water partition coefficient (Wildman–Crippen LogP) is 3.13. The van der Waals surface area contributed by atoms with Crippen molar-refractivity contribution >= 4 is 28.5 Å². The summed E-state index contributed by atoms with van der Waals surface area (Å²) in [5.74, 6) is -0.737. The van der Waals surface area contributed by atoms with Crippen LogP contribution in [0.25, 0.3) is 11.0 Å². The molecule has 0 saturated carbocycles. The number of fused-ring (bicyclic) bond motifs is 1. The van der Waals surface area contributed by atoms with Crippen molar-refractivity contribution in [1.29, 1.82) is 0 Å². The van der Waals surface area contributed by atoms with E-state index in [1.165, 1.54) is 31.4 Å². The lowest BCUT2D eigenvalue weighted by molar-refractivity contribution is -0.384. The Morgan fingerprint density at radius 3 is 2.50 bits per heavy atom. The van der Waals surface area contributed by atoms with Gasteiger partial charge < -0.3 is 19.2 Å². The Hall–Kier alpha value is -4.21. The third-order valence-electron chi connectivity index (χ3n) is 4.67. The van der Waals surface area contributed by atoms with Crippen LogP contribution in [0.5, 0.6) is 5.75 Å². The van der Waals surface area contributed by atoms with Crippen LogP contribution in [0.15, 0.2) is 57.7 Å². The maximum absolute atomic E-state index is 12.9. The molecule has 32 heavy (non-hydrogen) atoms. The van der Waals surface area contributed by atoms with E-state index in [0.717, 1.165) is 0 Å². The first-order valence-electron chi connectivity index (χ1n) is 9.65. The van der Waals surface area contributed by atoms with Gasteiger partial charge in [-0.1, -0.05) is 12.1 Å². The first-order chi connectivity index (χ1) is 15.3. The minimum absolute atomic E-state index is 0.107. The monoisotopic (exact) mass is 440 g/mol. The average Bonchev–Trinajstić information content (AvgIpc) is 2.78. The number of methoxy groups -OCH3 is 1. The Morgan fingerprint density at radius 1 is 1.16 bits per heavy atom. The number of hydrogen-bond acceptors (Lipinski definition) is 8. The standard InChI is InChI=1S/C22H20N2O8/c1-3-31-20(25)12-18(13-4-7-16(30-2)8-5-13)23-21(26)17-11-14-10-15(24(28)29)6-9-19(14)32-22(17)27/h4-11,18H,3,12H2,1-2H3,(H,23,26)/t18-/m0/s1. The second-order valence-corrected chi connectivity index (χ2v) is 6.74. The molecule has 1 N–H and O–H groups in total. The third kappa shape index (κ3) is 5.09. The minimum atomic E-state index is -0.909. The molecule has 0 fully saturated rings. The number of rotatable bonds is 8. The fraction of sp³-hybridized carbons (Fsp3) is 0.227. The Balaban J connectivity index is 1.94. The van der Waals surface area contributed by atoms with E-state index < -0.39 is 28.5 Å². The van der Waals surface area contributed by atoms with Gasteiger partial charge in [-0.05, 0) is 36.8 Å². The summed E-state index contributed by atoms with van der Waals surface area (Å²) in [4.78, 5) is 47.7. The number of hydrogen-bond donors (Lipinski definition) is 1. The highest BCUT2D eigenvalue weighted by Crippen LogP contribution is 2.23. The van der Waals surface area contributed by atoms with Crippen LogP contribution >= 0.6 is 0 Å². The fourth-order valence-corrected chi connectivity index (χ4v) is 3.09. The second-order valence-electron chi connectivity index (χ2n) is 6.74. The van der Waals surface area contributed by atoms with Crippen molar-refractivity contribution in [2.75, 3.05) is 13.7 Å². The van der Waals surface area contributed by atoms with Crippen molar-refractivity contribution < 1.29 is 28.4 Å². The third-order valence-corrected chi connectivity index (χ3v) is 4.67. The quantitative estimate of drug-likeness (QED) is 0.244. The largest absolute Gasteiger partial charge is 0.497 e. The molecule has 0 radical (unpaired) electrons. The lowest BCUT2D eigenvalue weighted by Crippen LogP contribution is -2.33. The maximum atomic E-state index is 12.9. The lowest BCUT2D eigenvalue weighted by atomic mass is 10.0. The molecule has 1 heterocycles. The molecule has 3 aromatic rings. The van der Waals surface area contributed by atoms with Gasteiger partial charge in [-0.25, -0.2) is 4.79 Å². The molecule has 10 heteroatoms. The van der Waals surface area contributed by atoms with Gasteiger partial charge in [-0.3, -0.25) is 19.7 Å². The van der Waals surface area contributed by atoms with Gasteiger partial charge in [0, 0.05) is 17.5 Å². The summed E-state index contributed by atoms with van der Waals surface area (Å²) in [7, 11) is 1.51. The molecule has 0 aliphatic heterocycles. The Labute approximate surface area is 181 Å². The number of benzene rings is 2. The number of nitrogens with one attached hydrogen (secondary N) is 1. The number of carbonyl (C=O) groups is 2. The number of ether oxygens (including phenoxy) is 2. The zero-order valence-electron chi connectivity index (χ0n) is 17.3. The fourth-order valence-electron chi connectivity index (χ4n) is 3.09. The topological polar surface area (TPSA) is 138 Å². The van der Waals surface area contributed by atoms with E-state index in [4.69, 9.17) is 13.9 Å². The summed E-state index contributed by atoms with van der Waals surface area (Å²) in [6.45, 7) is 1.84. The van der Waals surface area contributed by atoms with Gasteiger partial charge in [0.1, 0.15) is 16.9 Å². The van der Waals surface area contributed by atoms with Crippen molar-refractivity contribution in [1.82, 2.24) is 5.32 Å². The molecule has 10 nitrogen and oxygen atoms in total. The van der Waals surface area contributed by atoms with Crippen LogP contribution in [0.1, 0.15) is 35.3 Å². The molecule has 0 spiro atoms. The Bertz CT molecular complexity index is 1220. The molecule has 3 rings (SSSR count). The second kappa shape index (κ2) is 9.73. The van der Waals surface area contributed by atoms with Crippen LogP contribution in [0.2, 0.25) is 0 Å². The van der Waals surface area contributed by atoms with E-state index >= 15 is 0 Å². The normalized spacial score (nSPS) is 11.6. The maximum Gasteiger partial charge on any atom is 0.349 e. The Morgan fingerprint density at radius 2 is 1.88 bits per heavy atom. The number of esters is 1. The van der Waals surface area contributed by atoms with Gasteiger partial charge in [-0.15, -0.1) is 0 Å². The van der Waals surface area contributed by atoms with Gasteiger partial charge in [-0.2, -0.15) is 0 Å². The molecular weight excluding hydrogens is 420 g/mol. The van der Waals surface area contributed by atoms with Crippen molar-refractivity contribution in [2.45, 2.75) is 19.4 Å². The number of nitro benzene ring substituents is 1. The van der Waals surface area contributed by atoms with Crippen molar-refractivity contribution in [2.24, 2.45) is 0 Å². The van der Waals surface area contributed by atoms with Crippen LogP contribution in [-0.2, 0) is 9.53 Å². The minimum Gasteiger partial charge on any atom is -0.497 e. The van der Waals surface area contributed by atoms with E-state index in [-0.39, 0.29) is 35.2 Å². The summed E-state index contributed by atoms with van der Waals surface area (Å²) >= 11 is 0. The number of nitro groups is 1. The summed E-state index contributed by atoms with van der Waals surface area (Å²) < 4.78 is 15.2. The van der Waals surface area contributed by atoms with Crippen LogP contribution in [0.3, 0.4) is 0 Å². The summed E-state index contributed by atoms with van der Waals surface area (Å²) in [6, 6.07) is 10.8. The molecule has 1 aromatic heterocycles. The average molecular weight is 440 g/mol. The molecule has 0 aliphatic rings. The molecule has 1 amide bonds. The highest BCUT2D eigenvalue weighted by Gasteiger charge is 2.23. The van der Waals surface area contributed by atoms with Crippen LogP contribution in [-0.4, -0.2) is 30.5 Å². The smallest absolute Gasteiger partial charge is 0.349 e. The highest BCUT2D eigenvalue weighted by atomic mass is 16.6. The summed E-state index contributed by atoms with van der Waals surface area (Å²) in [5.41, 5.74) is -0.770. The van der Waals surface area contributed by atoms with Crippen molar-refractivity contribution in [3.05, 3.63) is 80.2 Å². The van der Waals surface area contributed by atoms with Crippen LogP contribution in [0.4, 0.5) is 5.69 Å². The van der Waals surface area contributed by atoms with E-state index in [1.54, 1.807) is 31.2 Å². The molecule has 0 unspecified atom stereocenters. The van der Waals surface area contributed by atoms with Gasteiger partial charge in [0.05, 0.1) is 31.1 Å². The SMILES string of the molecule is CCOC(=O)C[C@H](NC(=O)c1cc2cc([N+](=O)[O-])ccc2oc1=O)c1ccc(OC)cc1. The number of amides is 1.